The summed E-state index contributed by atoms with van der Waals surface area (Å²) in [5, 5.41) is 8.86. The summed E-state index contributed by atoms with van der Waals surface area (Å²) in [6.07, 6.45) is -2.85. The van der Waals surface area contributed by atoms with Gasteiger partial charge in [0.15, 0.2) is 5.41 Å². The second-order valence-corrected chi connectivity index (χ2v) is 4.91. The number of aliphatic carboxylic acids is 1. The van der Waals surface area contributed by atoms with Gasteiger partial charge in [-0.3, -0.25) is 9.59 Å². The van der Waals surface area contributed by atoms with Crippen molar-refractivity contribution in [3.63, 3.8) is 0 Å². The molecule has 0 aromatic carbocycles. The van der Waals surface area contributed by atoms with E-state index in [0.29, 0.717) is 6.42 Å². The van der Waals surface area contributed by atoms with Crippen molar-refractivity contribution in [3.05, 3.63) is 0 Å². The standard InChI is InChI=1S/C12H18F3NO3/c1-2-3-4-5-9(17)16-7-6-11(8-16,10(18)19)12(13,14)15/h2-8H2,1H3,(H,18,19). The van der Waals surface area contributed by atoms with Gasteiger partial charge in [-0.15, -0.1) is 0 Å². The Kier molecular flexibility index (Phi) is 4.81. The highest BCUT2D eigenvalue weighted by Crippen LogP contribution is 2.45. The van der Waals surface area contributed by atoms with Gasteiger partial charge in [-0.25, -0.2) is 0 Å². The number of carboxylic acids is 1. The van der Waals surface area contributed by atoms with Crippen LogP contribution in [0.2, 0.25) is 0 Å². The molecule has 1 aliphatic heterocycles. The van der Waals surface area contributed by atoms with Crippen LogP contribution in [0.4, 0.5) is 13.2 Å². The fourth-order valence-corrected chi connectivity index (χ4v) is 2.23. The zero-order valence-electron chi connectivity index (χ0n) is 10.8. The first-order valence-corrected chi connectivity index (χ1v) is 6.32. The first kappa shape index (κ1) is 15.8. The maximum Gasteiger partial charge on any atom is 0.406 e. The largest absolute Gasteiger partial charge is 0.481 e. The van der Waals surface area contributed by atoms with Crippen LogP contribution in [0.5, 0.6) is 0 Å². The van der Waals surface area contributed by atoms with Gasteiger partial charge in [0, 0.05) is 19.5 Å². The Balaban J connectivity index is 2.70. The average molecular weight is 281 g/mol. The maximum atomic E-state index is 12.9. The third kappa shape index (κ3) is 3.19. The Bertz CT molecular complexity index is 357. The summed E-state index contributed by atoms with van der Waals surface area (Å²) in [5.74, 6) is -2.29. The lowest BCUT2D eigenvalue weighted by Crippen LogP contribution is -2.47. The number of unbranched alkanes of at least 4 members (excludes halogenated alkanes) is 2. The molecule has 0 aromatic heterocycles. The third-order valence-electron chi connectivity index (χ3n) is 3.57. The molecular weight excluding hydrogens is 263 g/mol. The summed E-state index contributed by atoms with van der Waals surface area (Å²) < 4.78 is 38.7. The number of hydrogen-bond donors (Lipinski definition) is 1. The number of carbonyl (C=O) groups is 2. The van der Waals surface area contributed by atoms with Crippen molar-refractivity contribution < 1.29 is 27.9 Å². The lowest BCUT2D eigenvalue weighted by atomic mass is 9.86. The number of nitrogens with zero attached hydrogens (tertiary/aromatic N) is 1. The van der Waals surface area contributed by atoms with Crippen LogP contribution in [-0.4, -0.2) is 41.1 Å². The molecule has 1 aliphatic rings. The number of carbonyl (C=O) groups excluding carboxylic acids is 1. The van der Waals surface area contributed by atoms with Gasteiger partial charge >= 0.3 is 12.1 Å². The minimum absolute atomic E-state index is 0.142. The molecule has 1 saturated heterocycles. The van der Waals surface area contributed by atoms with E-state index in [9.17, 15) is 22.8 Å². The molecule has 0 aromatic rings. The summed E-state index contributed by atoms with van der Waals surface area (Å²) in [6, 6.07) is 0. The molecular formula is C12H18F3NO3. The number of amides is 1. The van der Waals surface area contributed by atoms with Crippen LogP contribution >= 0.6 is 0 Å². The van der Waals surface area contributed by atoms with Gasteiger partial charge in [-0.05, 0) is 12.8 Å². The molecule has 7 heteroatoms. The average Bonchev–Trinajstić information content (AvgIpc) is 2.74. The monoisotopic (exact) mass is 281 g/mol. The van der Waals surface area contributed by atoms with Gasteiger partial charge in [0.1, 0.15) is 0 Å². The molecule has 1 unspecified atom stereocenters. The van der Waals surface area contributed by atoms with Crippen molar-refractivity contribution in [2.24, 2.45) is 5.41 Å². The molecule has 4 nitrogen and oxygen atoms in total. The summed E-state index contributed by atoms with van der Waals surface area (Å²) in [4.78, 5) is 23.7. The number of hydrogen-bond acceptors (Lipinski definition) is 2. The number of alkyl halides is 3. The second-order valence-electron chi connectivity index (χ2n) is 4.91. The van der Waals surface area contributed by atoms with Gasteiger partial charge in [-0.1, -0.05) is 19.8 Å². The molecule has 0 radical (unpaired) electrons. The normalized spacial score (nSPS) is 23.7. The summed E-state index contributed by atoms with van der Waals surface area (Å²) in [6.45, 7) is 1.05. The van der Waals surface area contributed by atoms with Crippen molar-refractivity contribution in [2.75, 3.05) is 13.1 Å². The molecule has 1 N–H and O–H groups in total. The van der Waals surface area contributed by atoms with E-state index in [1.807, 2.05) is 6.92 Å². The van der Waals surface area contributed by atoms with E-state index in [1.54, 1.807) is 0 Å². The Morgan fingerprint density at radius 3 is 2.37 bits per heavy atom. The van der Waals surface area contributed by atoms with E-state index >= 15 is 0 Å². The Morgan fingerprint density at radius 1 is 1.32 bits per heavy atom. The van der Waals surface area contributed by atoms with E-state index < -0.39 is 30.5 Å². The highest BCUT2D eigenvalue weighted by Gasteiger charge is 2.64. The Labute approximate surface area is 109 Å². The summed E-state index contributed by atoms with van der Waals surface area (Å²) in [5.41, 5.74) is -2.80. The van der Waals surface area contributed by atoms with Crippen molar-refractivity contribution in [3.8, 4) is 0 Å². The first-order chi connectivity index (χ1) is 8.74. The van der Waals surface area contributed by atoms with Crippen LogP contribution in [0, 0.1) is 5.41 Å². The van der Waals surface area contributed by atoms with Crippen LogP contribution in [0.1, 0.15) is 39.0 Å². The van der Waals surface area contributed by atoms with Crippen molar-refractivity contribution >= 4 is 11.9 Å². The Hall–Kier alpha value is -1.27. The fourth-order valence-electron chi connectivity index (χ4n) is 2.23. The molecule has 0 bridgehead atoms. The van der Waals surface area contributed by atoms with Crippen molar-refractivity contribution in [2.45, 2.75) is 45.2 Å². The van der Waals surface area contributed by atoms with Gasteiger partial charge in [0.05, 0.1) is 0 Å². The molecule has 1 fully saturated rings. The third-order valence-corrected chi connectivity index (χ3v) is 3.57. The maximum absolute atomic E-state index is 12.9. The SMILES string of the molecule is CCCCCC(=O)N1CCC(C(=O)O)(C(F)(F)F)C1. The minimum atomic E-state index is -4.84. The van der Waals surface area contributed by atoms with Gasteiger partial charge in [0.25, 0.3) is 0 Å². The molecule has 110 valence electrons. The molecule has 0 aliphatic carbocycles. The van der Waals surface area contributed by atoms with E-state index in [2.05, 4.69) is 0 Å². The van der Waals surface area contributed by atoms with Crippen molar-refractivity contribution in [1.82, 2.24) is 4.90 Å². The summed E-state index contributed by atoms with van der Waals surface area (Å²) >= 11 is 0. The molecule has 1 amide bonds. The highest BCUT2D eigenvalue weighted by molar-refractivity contribution is 5.81. The second kappa shape index (κ2) is 5.79. The van der Waals surface area contributed by atoms with Gasteiger partial charge < -0.3 is 10.0 Å². The van der Waals surface area contributed by atoms with Crippen LogP contribution in [0.15, 0.2) is 0 Å². The lowest BCUT2D eigenvalue weighted by Gasteiger charge is -2.27. The minimum Gasteiger partial charge on any atom is -0.481 e. The molecule has 1 heterocycles. The quantitative estimate of drug-likeness (QED) is 0.787. The fraction of sp³-hybridized carbons (Fsp3) is 0.833. The molecule has 0 saturated carbocycles. The predicted molar refractivity (Wildman–Crippen MR) is 61.5 cm³/mol. The van der Waals surface area contributed by atoms with Crippen LogP contribution in [-0.2, 0) is 9.59 Å². The van der Waals surface area contributed by atoms with E-state index in [-0.39, 0.29) is 18.9 Å². The first-order valence-electron chi connectivity index (χ1n) is 6.32. The number of halogens is 3. The van der Waals surface area contributed by atoms with Gasteiger partial charge in [-0.2, -0.15) is 13.2 Å². The number of likely N-dealkylation sites (tertiary alicyclic amines) is 1. The predicted octanol–water partition coefficient (Wildman–Crippen LogP) is 2.43. The molecule has 1 rings (SSSR count). The Morgan fingerprint density at radius 2 is 1.95 bits per heavy atom. The van der Waals surface area contributed by atoms with E-state index in [0.717, 1.165) is 17.7 Å². The topological polar surface area (TPSA) is 57.6 Å². The number of rotatable bonds is 5. The van der Waals surface area contributed by atoms with Gasteiger partial charge in [0.2, 0.25) is 5.91 Å². The van der Waals surface area contributed by atoms with Crippen LogP contribution in [0.25, 0.3) is 0 Å². The van der Waals surface area contributed by atoms with Crippen molar-refractivity contribution in [1.29, 1.82) is 0 Å². The zero-order chi connectivity index (χ0) is 14.7. The number of carboxylic acid groups (broad SMARTS) is 1. The summed E-state index contributed by atoms with van der Waals surface area (Å²) in [7, 11) is 0. The van der Waals surface area contributed by atoms with E-state index in [1.165, 1.54) is 0 Å². The molecule has 0 spiro atoms. The van der Waals surface area contributed by atoms with Crippen LogP contribution in [0.3, 0.4) is 0 Å². The molecule has 1 atom stereocenters. The highest BCUT2D eigenvalue weighted by atomic mass is 19.4. The van der Waals surface area contributed by atoms with E-state index in [4.69, 9.17) is 5.11 Å². The zero-order valence-corrected chi connectivity index (χ0v) is 10.8. The van der Waals surface area contributed by atoms with Crippen LogP contribution < -0.4 is 0 Å². The lowest BCUT2D eigenvalue weighted by molar-refractivity contribution is -0.227. The molecule has 19 heavy (non-hydrogen) atoms. The smallest absolute Gasteiger partial charge is 0.406 e.